The summed E-state index contributed by atoms with van der Waals surface area (Å²) < 4.78 is 0. The first-order chi connectivity index (χ1) is 9.49. The summed E-state index contributed by atoms with van der Waals surface area (Å²) in [6, 6.07) is 4.01. The molecule has 1 fully saturated rings. The fraction of sp³-hybridized carbons (Fsp3) is 0.400. The van der Waals surface area contributed by atoms with Crippen molar-refractivity contribution in [1.82, 2.24) is 4.98 Å². The molecule has 1 aliphatic heterocycles. The van der Waals surface area contributed by atoms with Crippen molar-refractivity contribution in [2.24, 2.45) is 11.5 Å². The molecule has 0 spiro atoms. The molecule has 1 aromatic carbocycles. The summed E-state index contributed by atoms with van der Waals surface area (Å²) in [6.07, 6.45) is 1.00. The van der Waals surface area contributed by atoms with Gasteiger partial charge in [-0.15, -0.1) is 0 Å². The van der Waals surface area contributed by atoms with Crippen LogP contribution in [0.3, 0.4) is 0 Å². The molecule has 0 radical (unpaired) electrons. The molecular weight excluding hydrogens is 252 g/mol. The van der Waals surface area contributed by atoms with Gasteiger partial charge in [-0.1, -0.05) is 0 Å². The molecule has 1 unspecified atom stereocenters. The number of carbonyl (C=O) groups excluding carboxylic acids is 1. The van der Waals surface area contributed by atoms with Crippen LogP contribution in [0.5, 0.6) is 0 Å². The van der Waals surface area contributed by atoms with Gasteiger partial charge in [-0.25, -0.2) is 0 Å². The lowest BCUT2D eigenvalue weighted by Gasteiger charge is -2.20. The highest BCUT2D eigenvalue weighted by molar-refractivity contribution is 6.10. The fourth-order valence-corrected chi connectivity index (χ4v) is 3.04. The number of H-pyrrole nitrogens is 1. The summed E-state index contributed by atoms with van der Waals surface area (Å²) in [6.45, 7) is 5.89. The highest BCUT2D eigenvalue weighted by atomic mass is 16.1. The Kier molecular flexibility index (Phi) is 2.94. The Balaban J connectivity index is 2.24. The number of fused-ring (bicyclic) bond motifs is 1. The predicted molar refractivity (Wildman–Crippen MR) is 81.1 cm³/mol. The van der Waals surface area contributed by atoms with Gasteiger partial charge in [-0.05, 0) is 38.0 Å². The van der Waals surface area contributed by atoms with Gasteiger partial charge < -0.3 is 21.4 Å². The van der Waals surface area contributed by atoms with Gasteiger partial charge in [0.05, 0.1) is 11.1 Å². The van der Waals surface area contributed by atoms with E-state index in [9.17, 15) is 4.79 Å². The van der Waals surface area contributed by atoms with Crippen LogP contribution in [-0.4, -0.2) is 30.0 Å². The Morgan fingerprint density at radius 2 is 2.15 bits per heavy atom. The number of aromatic nitrogens is 1. The number of hydrogen-bond acceptors (Lipinski definition) is 3. The SMILES string of the molecule is Cc1[nH]c2c(C(N)=O)ccc(N3CCC(N)C3)c2c1C. The van der Waals surface area contributed by atoms with Crippen molar-refractivity contribution in [3.8, 4) is 0 Å². The van der Waals surface area contributed by atoms with Crippen LogP contribution in [-0.2, 0) is 0 Å². The van der Waals surface area contributed by atoms with Crippen LogP contribution < -0.4 is 16.4 Å². The maximum atomic E-state index is 11.6. The Morgan fingerprint density at radius 3 is 2.75 bits per heavy atom. The van der Waals surface area contributed by atoms with Crippen molar-refractivity contribution in [1.29, 1.82) is 0 Å². The minimum Gasteiger partial charge on any atom is -0.369 e. The summed E-state index contributed by atoms with van der Waals surface area (Å²) in [5, 5.41) is 1.09. The van der Waals surface area contributed by atoms with Crippen LogP contribution >= 0.6 is 0 Å². The Morgan fingerprint density at radius 1 is 1.40 bits per heavy atom. The molecule has 1 atom stereocenters. The van der Waals surface area contributed by atoms with Crippen LogP contribution in [0, 0.1) is 13.8 Å². The molecule has 5 heteroatoms. The van der Waals surface area contributed by atoms with E-state index in [1.165, 1.54) is 5.56 Å². The number of nitrogens with two attached hydrogens (primary N) is 2. The third-order valence-corrected chi connectivity index (χ3v) is 4.26. The number of anilines is 1. The maximum Gasteiger partial charge on any atom is 0.250 e. The molecule has 1 aliphatic rings. The van der Waals surface area contributed by atoms with Crippen LogP contribution in [0.4, 0.5) is 5.69 Å². The van der Waals surface area contributed by atoms with Gasteiger partial charge in [0, 0.05) is 35.9 Å². The third kappa shape index (κ3) is 1.86. The van der Waals surface area contributed by atoms with Crippen molar-refractivity contribution in [2.45, 2.75) is 26.3 Å². The maximum absolute atomic E-state index is 11.6. The zero-order valence-corrected chi connectivity index (χ0v) is 11.9. The minimum atomic E-state index is -0.402. The molecule has 1 saturated heterocycles. The first-order valence-corrected chi connectivity index (χ1v) is 6.91. The van der Waals surface area contributed by atoms with Crippen molar-refractivity contribution in [3.05, 3.63) is 29.0 Å². The van der Waals surface area contributed by atoms with Gasteiger partial charge in [-0.3, -0.25) is 4.79 Å². The van der Waals surface area contributed by atoms with Crippen molar-refractivity contribution in [2.75, 3.05) is 18.0 Å². The van der Waals surface area contributed by atoms with E-state index in [1.54, 1.807) is 6.07 Å². The number of primary amides is 1. The highest BCUT2D eigenvalue weighted by Gasteiger charge is 2.24. The average molecular weight is 272 g/mol. The number of aromatic amines is 1. The van der Waals surface area contributed by atoms with Gasteiger partial charge >= 0.3 is 0 Å². The van der Waals surface area contributed by atoms with E-state index in [4.69, 9.17) is 11.5 Å². The fourth-order valence-electron chi connectivity index (χ4n) is 3.04. The molecule has 1 amide bonds. The third-order valence-electron chi connectivity index (χ3n) is 4.26. The molecule has 2 aromatic rings. The number of amides is 1. The molecule has 5 nitrogen and oxygen atoms in total. The molecule has 106 valence electrons. The van der Waals surface area contributed by atoms with Gasteiger partial charge in [0.2, 0.25) is 0 Å². The molecule has 0 aliphatic carbocycles. The van der Waals surface area contributed by atoms with Crippen LogP contribution in [0.2, 0.25) is 0 Å². The van der Waals surface area contributed by atoms with Crippen LogP contribution in [0.1, 0.15) is 28.0 Å². The molecule has 20 heavy (non-hydrogen) atoms. The lowest BCUT2D eigenvalue weighted by atomic mass is 10.1. The molecular formula is C15H20N4O. The summed E-state index contributed by atoms with van der Waals surface area (Å²) in [5.41, 5.74) is 16.2. The van der Waals surface area contributed by atoms with Crippen molar-refractivity contribution < 1.29 is 4.79 Å². The Bertz CT molecular complexity index is 689. The summed E-state index contributed by atoms with van der Waals surface area (Å²) in [5.74, 6) is -0.402. The topological polar surface area (TPSA) is 88.1 Å². The number of benzene rings is 1. The number of hydrogen-bond donors (Lipinski definition) is 3. The van der Waals surface area contributed by atoms with Gasteiger partial charge in [0.15, 0.2) is 0 Å². The summed E-state index contributed by atoms with van der Waals surface area (Å²) in [7, 11) is 0. The van der Waals surface area contributed by atoms with Gasteiger partial charge in [0.1, 0.15) is 0 Å². The second-order valence-corrected chi connectivity index (χ2v) is 5.62. The molecule has 0 saturated carbocycles. The minimum absolute atomic E-state index is 0.223. The van der Waals surface area contributed by atoms with Gasteiger partial charge in [-0.2, -0.15) is 0 Å². The normalized spacial score (nSPS) is 18.9. The van der Waals surface area contributed by atoms with Crippen LogP contribution in [0.25, 0.3) is 10.9 Å². The Labute approximate surface area is 117 Å². The summed E-state index contributed by atoms with van der Waals surface area (Å²) >= 11 is 0. The standard InChI is InChI=1S/C15H20N4O/c1-8-9(2)18-14-11(15(17)20)3-4-12(13(8)14)19-6-5-10(16)7-19/h3-4,10,18H,5-7,16H2,1-2H3,(H2,17,20). The predicted octanol–water partition coefficient (Wildman–Crippen LogP) is 1.42. The Hall–Kier alpha value is -2.01. The number of aryl methyl sites for hydroxylation is 2. The first kappa shape index (κ1) is 13.0. The molecule has 2 heterocycles. The van der Waals surface area contributed by atoms with E-state index in [0.29, 0.717) is 5.56 Å². The van der Waals surface area contributed by atoms with E-state index in [0.717, 1.165) is 41.8 Å². The monoisotopic (exact) mass is 272 g/mol. The number of carbonyl (C=O) groups is 1. The molecule has 5 N–H and O–H groups in total. The lowest BCUT2D eigenvalue weighted by molar-refractivity contribution is 0.100. The molecule has 1 aromatic heterocycles. The number of rotatable bonds is 2. The van der Waals surface area contributed by atoms with Crippen molar-refractivity contribution >= 4 is 22.5 Å². The highest BCUT2D eigenvalue weighted by Crippen LogP contribution is 2.34. The second kappa shape index (κ2) is 4.52. The number of nitrogens with zero attached hydrogens (tertiary/aromatic N) is 1. The second-order valence-electron chi connectivity index (χ2n) is 5.62. The molecule has 0 bridgehead atoms. The van der Waals surface area contributed by atoms with E-state index in [1.807, 2.05) is 13.0 Å². The van der Waals surface area contributed by atoms with E-state index in [2.05, 4.69) is 16.8 Å². The molecule has 3 rings (SSSR count). The van der Waals surface area contributed by atoms with E-state index >= 15 is 0 Å². The van der Waals surface area contributed by atoms with Crippen LogP contribution in [0.15, 0.2) is 12.1 Å². The smallest absolute Gasteiger partial charge is 0.250 e. The quantitative estimate of drug-likeness (QED) is 0.772. The largest absolute Gasteiger partial charge is 0.369 e. The lowest BCUT2D eigenvalue weighted by Crippen LogP contribution is -2.26. The number of nitrogens with one attached hydrogen (secondary N) is 1. The van der Waals surface area contributed by atoms with Gasteiger partial charge in [0.25, 0.3) is 5.91 Å². The van der Waals surface area contributed by atoms with E-state index in [-0.39, 0.29) is 6.04 Å². The van der Waals surface area contributed by atoms with E-state index < -0.39 is 5.91 Å². The zero-order chi connectivity index (χ0) is 14.4. The first-order valence-electron chi connectivity index (χ1n) is 6.91. The zero-order valence-electron chi connectivity index (χ0n) is 11.9. The van der Waals surface area contributed by atoms with Crippen molar-refractivity contribution in [3.63, 3.8) is 0 Å². The summed E-state index contributed by atoms with van der Waals surface area (Å²) in [4.78, 5) is 17.2. The average Bonchev–Trinajstić information content (AvgIpc) is 2.94.